The van der Waals surface area contributed by atoms with Gasteiger partial charge in [-0.05, 0) is 46.9 Å². The van der Waals surface area contributed by atoms with Crippen molar-refractivity contribution >= 4 is 28.5 Å². The van der Waals surface area contributed by atoms with Crippen LogP contribution in [0.15, 0.2) is 30.5 Å². The smallest absolute Gasteiger partial charge is 0.270 e. The van der Waals surface area contributed by atoms with E-state index in [4.69, 9.17) is 14.2 Å². The third kappa shape index (κ3) is 3.77. The summed E-state index contributed by atoms with van der Waals surface area (Å²) < 4.78 is 19.3. The lowest BCUT2D eigenvalue weighted by molar-refractivity contribution is 0.0296. The lowest BCUT2D eigenvalue weighted by atomic mass is 10.1. The van der Waals surface area contributed by atoms with Gasteiger partial charge < -0.3 is 23.7 Å². The van der Waals surface area contributed by atoms with E-state index in [1.165, 1.54) is 0 Å². The highest BCUT2D eigenvalue weighted by atomic mass is 127. The molecule has 0 unspecified atom stereocenters. The van der Waals surface area contributed by atoms with Crippen LogP contribution in [0.4, 0.5) is 0 Å². The number of ether oxygens (including phenoxy) is 3. The molecule has 134 valence electrons. The largest absolute Gasteiger partial charge is 0.493 e. The highest BCUT2D eigenvalue weighted by Gasteiger charge is 2.22. The van der Waals surface area contributed by atoms with Gasteiger partial charge >= 0.3 is 0 Å². The molecule has 7 heteroatoms. The summed E-state index contributed by atoms with van der Waals surface area (Å²) in [6.45, 7) is 2.98. The summed E-state index contributed by atoms with van der Waals surface area (Å²) in [6, 6.07) is 7.63. The first kappa shape index (κ1) is 18.1. The van der Waals surface area contributed by atoms with Gasteiger partial charge in [-0.15, -0.1) is 0 Å². The molecule has 0 N–H and O–H groups in total. The van der Waals surface area contributed by atoms with E-state index < -0.39 is 0 Å². The number of morpholine rings is 1. The van der Waals surface area contributed by atoms with E-state index in [1.807, 2.05) is 39.9 Å². The molecule has 3 rings (SSSR count). The number of methoxy groups -OCH3 is 2. The Labute approximate surface area is 160 Å². The Hall–Kier alpha value is -1.74. The fraction of sp³-hybridized carbons (Fsp3) is 0.389. The van der Waals surface area contributed by atoms with Crippen LogP contribution in [0.2, 0.25) is 0 Å². The van der Waals surface area contributed by atoms with Gasteiger partial charge in [0.05, 0.1) is 34.0 Å². The second-order valence-corrected chi connectivity index (χ2v) is 6.85. The molecule has 2 aromatic rings. The Morgan fingerprint density at radius 1 is 1.20 bits per heavy atom. The molecule has 0 atom stereocenters. The molecule has 1 fully saturated rings. The fourth-order valence-corrected chi connectivity index (χ4v) is 3.55. The molecule has 0 radical (unpaired) electrons. The van der Waals surface area contributed by atoms with Crippen molar-refractivity contribution in [2.24, 2.45) is 0 Å². The van der Waals surface area contributed by atoms with Crippen LogP contribution in [0.25, 0.3) is 0 Å². The molecule has 6 nitrogen and oxygen atoms in total. The highest BCUT2D eigenvalue weighted by Crippen LogP contribution is 2.35. The van der Waals surface area contributed by atoms with Crippen LogP contribution in [-0.4, -0.2) is 55.9 Å². The topological polar surface area (TPSA) is 52.9 Å². The predicted molar refractivity (Wildman–Crippen MR) is 103 cm³/mol. The minimum absolute atomic E-state index is 0.0326. The van der Waals surface area contributed by atoms with E-state index in [2.05, 4.69) is 22.6 Å². The zero-order chi connectivity index (χ0) is 17.8. The monoisotopic (exact) mass is 456 g/mol. The number of halogens is 1. The summed E-state index contributed by atoms with van der Waals surface area (Å²) in [5, 5.41) is 0. The molecule has 1 aliphatic heterocycles. The van der Waals surface area contributed by atoms with E-state index in [9.17, 15) is 4.79 Å². The van der Waals surface area contributed by atoms with Gasteiger partial charge in [0.2, 0.25) is 0 Å². The third-order valence-corrected chi connectivity index (χ3v) is 5.28. The number of hydrogen-bond acceptors (Lipinski definition) is 4. The Morgan fingerprint density at radius 2 is 1.96 bits per heavy atom. The van der Waals surface area contributed by atoms with Gasteiger partial charge in [-0.1, -0.05) is 0 Å². The van der Waals surface area contributed by atoms with E-state index in [1.54, 1.807) is 14.2 Å². The van der Waals surface area contributed by atoms with Gasteiger partial charge in [0.1, 0.15) is 5.69 Å². The molecule has 0 aliphatic carbocycles. The lowest BCUT2D eigenvalue weighted by Gasteiger charge is -2.27. The van der Waals surface area contributed by atoms with Gasteiger partial charge in [0.25, 0.3) is 5.91 Å². The highest BCUT2D eigenvalue weighted by molar-refractivity contribution is 14.1. The third-order valence-electron chi connectivity index (χ3n) is 4.27. The Kier molecular flexibility index (Phi) is 5.85. The van der Waals surface area contributed by atoms with E-state index in [0.717, 1.165) is 9.13 Å². The van der Waals surface area contributed by atoms with Crippen LogP contribution in [0.5, 0.6) is 11.5 Å². The minimum atomic E-state index is 0.0326. The first-order valence-corrected chi connectivity index (χ1v) is 9.15. The number of carbonyl (C=O) groups excluding carboxylic acids is 1. The van der Waals surface area contributed by atoms with Crippen LogP contribution < -0.4 is 9.47 Å². The van der Waals surface area contributed by atoms with Gasteiger partial charge in [-0.2, -0.15) is 0 Å². The molecule has 1 aromatic heterocycles. The summed E-state index contributed by atoms with van der Waals surface area (Å²) in [6.07, 6.45) is 1.92. The normalized spacial score (nSPS) is 14.4. The maximum absolute atomic E-state index is 12.8. The average molecular weight is 456 g/mol. The molecule has 1 aromatic carbocycles. The van der Waals surface area contributed by atoms with Crippen molar-refractivity contribution in [3.05, 3.63) is 45.3 Å². The van der Waals surface area contributed by atoms with E-state index in [0.29, 0.717) is 50.0 Å². The average Bonchev–Trinajstić information content (AvgIpc) is 3.11. The van der Waals surface area contributed by atoms with Crippen molar-refractivity contribution in [2.75, 3.05) is 40.5 Å². The molecule has 25 heavy (non-hydrogen) atoms. The van der Waals surface area contributed by atoms with Crippen LogP contribution in [-0.2, 0) is 11.3 Å². The van der Waals surface area contributed by atoms with Crippen molar-refractivity contribution in [3.63, 3.8) is 0 Å². The number of nitrogens with zero attached hydrogens (tertiary/aromatic N) is 2. The van der Waals surface area contributed by atoms with Crippen LogP contribution in [0.1, 0.15) is 16.1 Å². The SMILES string of the molecule is COc1ccc(I)c(Cn2cccc2C(=O)N2CCOCC2)c1OC. The zero-order valence-electron chi connectivity index (χ0n) is 14.3. The minimum Gasteiger partial charge on any atom is -0.493 e. The van der Waals surface area contributed by atoms with Crippen LogP contribution >= 0.6 is 22.6 Å². The molecular weight excluding hydrogens is 435 g/mol. The van der Waals surface area contributed by atoms with Gasteiger partial charge in [0.15, 0.2) is 11.5 Å². The molecule has 1 saturated heterocycles. The van der Waals surface area contributed by atoms with Crippen molar-refractivity contribution in [1.29, 1.82) is 0 Å². The molecule has 1 aliphatic rings. The van der Waals surface area contributed by atoms with E-state index in [-0.39, 0.29) is 5.91 Å². The molecular formula is C18H21IN2O4. The lowest BCUT2D eigenvalue weighted by Crippen LogP contribution is -2.41. The molecule has 1 amide bonds. The quantitative estimate of drug-likeness (QED) is 0.650. The first-order valence-electron chi connectivity index (χ1n) is 8.07. The maximum Gasteiger partial charge on any atom is 0.270 e. The summed E-state index contributed by atoms with van der Waals surface area (Å²) >= 11 is 2.28. The Morgan fingerprint density at radius 3 is 2.64 bits per heavy atom. The number of amides is 1. The first-order chi connectivity index (χ1) is 12.2. The van der Waals surface area contributed by atoms with Gasteiger partial charge in [-0.25, -0.2) is 0 Å². The fourth-order valence-electron chi connectivity index (χ4n) is 2.96. The number of rotatable bonds is 5. The van der Waals surface area contributed by atoms with Crippen molar-refractivity contribution in [1.82, 2.24) is 9.47 Å². The van der Waals surface area contributed by atoms with E-state index >= 15 is 0 Å². The number of hydrogen-bond donors (Lipinski definition) is 0. The van der Waals surface area contributed by atoms with Crippen LogP contribution in [0.3, 0.4) is 0 Å². The molecule has 0 bridgehead atoms. The standard InChI is InChI=1S/C18H21IN2O4/c1-23-16-6-5-14(19)13(17(16)24-2)12-21-7-3-4-15(21)18(22)20-8-10-25-11-9-20/h3-7H,8-12H2,1-2H3. The number of aromatic nitrogens is 1. The van der Waals surface area contributed by atoms with Crippen molar-refractivity contribution in [2.45, 2.75) is 6.54 Å². The summed E-state index contributed by atoms with van der Waals surface area (Å²) in [4.78, 5) is 14.7. The second-order valence-electron chi connectivity index (χ2n) is 5.69. The summed E-state index contributed by atoms with van der Waals surface area (Å²) in [7, 11) is 3.25. The number of benzene rings is 1. The summed E-state index contributed by atoms with van der Waals surface area (Å²) in [5.41, 5.74) is 1.66. The van der Waals surface area contributed by atoms with Gasteiger partial charge in [-0.3, -0.25) is 4.79 Å². The predicted octanol–water partition coefficient (Wildman–Crippen LogP) is 2.63. The summed E-state index contributed by atoms with van der Waals surface area (Å²) in [5.74, 6) is 1.42. The molecule has 0 saturated carbocycles. The van der Waals surface area contributed by atoms with Crippen molar-refractivity contribution in [3.8, 4) is 11.5 Å². The maximum atomic E-state index is 12.8. The van der Waals surface area contributed by atoms with Crippen LogP contribution in [0, 0.1) is 3.57 Å². The zero-order valence-corrected chi connectivity index (χ0v) is 16.5. The second kappa shape index (κ2) is 8.09. The molecule has 0 spiro atoms. The number of carbonyl (C=O) groups is 1. The molecule has 2 heterocycles. The Bertz CT molecular complexity index is 754. The Balaban J connectivity index is 1.90. The van der Waals surface area contributed by atoms with Gasteiger partial charge in [0, 0.05) is 28.4 Å². The van der Waals surface area contributed by atoms with Crippen molar-refractivity contribution < 1.29 is 19.0 Å².